The van der Waals surface area contributed by atoms with Crippen molar-refractivity contribution in [3.8, 4) is 5.75 Å². The molecule has 8 heteroatoms. The van der Waals surface area contributed by atoms with Crippen molar-refractivity contribution in [1.82, 2.24) is 9.97 Å². The lowest BCUT2D eigenvalue weighted by molar-refractivity contribution is 0.403. The van der Waals surface area contributed by atoms with E-state index in [-0.39, 0.29) is 16.6 Å². The maximum absolute atomic E-state index is 12.1. The summed E-state index contributed by atoms with van der Waals surface area (Å²) in [7, 11) is -2.41. The largest absolute Gasteiger partial charge is 0.495 e. The summed E-state index contributed by atoms with van der Waals surface area (Å²) in [6, 6.07) is 4.38. The summed E-state index contributed by atoms with van der Waals surface area (Å²) in [5.74, 6) is 0.336. The van der Waals surface area contributed by atoms with Crippen molar-refractivity contribution in [3.05, 3.63) is 30.6 Å². The third kappa shape index (κ3) is 2.38. The van der Waals surface area contributed by atoms with Gasteiger partial charge >= 0.3 is 0 Å². The topological polar surface area (TPSA) is 110 Å². The van der Waals surface area contributed by atoms with Gasteiger partial charge in [0.1, 0.15) is 10.6 Å². The second-order valence-electron chi connectivity index (χ2n) is 3.45. The first-order valence-corrected chi connectivity index (χ1v) is 6.47. The molecule has 1 aromatic heterocycles. The first kappa shape index (κ1) is 12.2. The number of nitrogens with two attached hydrogens (primary N) is 1. The number of benzene rings is 1. The molecular weight excluding hydrogens is 256 g/mol. The van der Waals surface area contributed by atoms with Gasteiger partial charge < -0.3 is 15.5 Å². The molecule has 0 aliphatic carbocycles. The third-order valence-electron chi connectivity index (χ3n) is 2.21. The molecule has 0 amide bonds. The molecule has 2 aromatic rings. The van der Waals surface area contributed by atoms with E-state index in [2.05, 4.69) is 14.7 Å². The van der Waals surface area contributed by atoms with Gasteiger partial charge in [-0.05, 0) is 18.2 Å². The fourth-order valence-corrected chi connectivity index (χ4v) is 2.59. The summed E-state index contributed by atoms with van der Waals surface area (Å²) in [5, 5.41) is 0. The quantitative estimate of drug-likeness (QED) is 0.710. The van der Waals surface area contributed by atoms with E-state index >= 15 is 0 Å². The molecule has 7 nitrogen and oxygen atoms in total. The summed E-state index contributed by atoms with van der Waals surface area (Å²) in [5.41, 5.74) is 5.91. The average Bonchev–Trinajstić information content (AvgIpc) is 2.81. The number of aromatic nitrogens is 2. The summed E-state index contributed by atoms with van der Waals surface area (Å²) >= 11 is 0. The van der Waals surface area contributed by atoms with Gasteiger partial charge in [-0.1, -0.05) is 0 Å². The molecule has 0 bridgehead atoms. The first-order chi connectivity index (χ1) is 8.53. The summed E-state index contributed by atoms with van der Waals surface area (Å²) in [6.07, 6.45) is 2.95. The Morgan fingerprint density at radius 1 is 1.44 bits per heavy atom. The van der Waals surface area contributed by atoms with Crippen LogP contribution in [0.5, 0.6) is 5.75 Å². The van der Waals surface area contributed by atoms with Crippen molar-refractivity contribution in [3.63, 3.8) is 0 Å². The van der Waals surface area contributed by atoms with E-state index in [1.807, 2.05) is 0 Å². The van der Waals surface area contributed by atoms with E-state index in [0.29, 0.717) is 5.69 Å². The number of H-pyrrole nitrogens is 1. The molecule has 1 heterocycles. The van der Waals surface area contributed by atoms with Gasteiger partial charge in [0.2, 0.25) is 5.95 Å². The van der Waals surface area contributed by atoms with Gasteiger partial charge in [-0.3, -0.25) is 0 Å². The van der Waals surface area contributed by atoms with Crippen LogP contribution in [0.25, 0.3) is 0 Å². The minimum absolute atomic E-state index is 0.0404. The van der Waals surface area contributed by atoms with Crippen LogP contribution in [0, 0.1) is 0 Å². The van der Waals surface area contributed by atoms with Gasteiger partial charge in [0.25, 0.3) is 10.0 Å². The standard InChI is InChI=1S/C10H12N4O3S/c1-17-8-3-2-7(11)6-9(8)18(15,16)14-10-12-4-5-13-10/h2-6H,11H2,1H3,(H2,12,13,14). The SMILES string of the molecule is COc1ccc(N)cc1S(=O)(=O)Nc1ncc[nH]1. The lowest BCUT2D eigenvalue weighted by atomic mass is 10.3. The lowest BCUT2D eigenvalue weighted by Crippen LogP contribution is -2.15. The number of sulfonamides is 1. The third-order valence-corrected chi connectivity index (χ3v) is 3.57. The van der Waals surface area contributed by atoms with E-state index in [1.54, 1.807) is 6.07 Å². The summed E-state index contributed by atoms with van der Waals surface area (Å²) in [6.45, 7) is 0. The Hall–Kier alpha value is -2.22. The Kier molecular flexibility index (Phi) is 3.11. The zero-order chi connectivity index (χ0) is 13.2. The van der Waals surface area contributed by atoms with Crippen molar-refractivity contribution in [2.45, 2.75) is 4.90 Å². The normalized spacial score (nSPS) is 11.2. The molecule has 0 aliphatic heterocycles. The average molecular weight is 268 g/mol. The smallest absolute Gasteiger partial charge is 0.267 e. The van der Waals surface area contributed by atoms with Crippen LogP contribution in [0.3, 0.4) is 0 Å². The molecule has 0 atom stereocenters. The molecule has 0 saturated heterocycles. The number of nitrogens with one attached hydrogen (secondary N) is 2. The van der Waals surface area contributed by atoms with Crippen molar-refractivity contribution in [2.75, 3.05) is 17.6 Å². The molecule has 2 rings (SSSR count). The minimum Gasteiger partial charge on any atom is -0.495 e. The Balaban J connectivity index is 2.43. The fourth-order valence-electron chi connectivity index (χ4n) is 1.41. The van der Waals surface area contributed by atoms with Crippen LogP contribution >= 0.6 is 0 Å². The highest BCUT2D eigenvalue weighted by molar-refractivity contribution is 7.92. The number of nitrogen functional groups attached to an aromatic ring is 1. The van der Waals surface area contributed by atoms with Crippen LogP contribution in [0.4, 0.5) is 11.6 Å². The first-order valence-electron chi connectivity index (χ1n) is 4.98. The number of imidazole rings is 1. The van der Waals surface area contributed by atoms with Gasteiger partial charge in [-0.2, -0.15) is 0 Å². The Labute approximate surface area is 104 Å². The molecule has 4 N–H and O–H groups in total. The van der Waals surface area contributed by atoms with E-state index in [0.717, 1.165) is 0 Å². The Morgan fingerprint density at radius 2 is 2.22 bits per heavy atom. The van der Waals surface area contributed by atoms with Crippen LogP contribution in [0.15, 0.2) is 35.5 Å². The van der Waals surface area contributed by atoms with Crippen molar-refractivity contribution >= 4 is 21.7 Å². The van der Waals surface area contributed by atoms with Gasteiger partial charge in [-0.25, -0.2) is 18.1 Å². The Bertz CT molecular complexity index is 637. The monoisotopic (exact) mass is 268 g/mol. The second kappa shape index (κ2) is 4.57. The summed E-state index contributed by atoms with van der Waals surface area (Å²) in [4.78, 5) is 6.39. The molecule has 0 radical (unpaired) electrons. The predicted octanol–water partition coefficient (Wildman–Crippen LogP) is 0.801. The maximum Gasteiger partial charge on any atom is 0.267 e. The number of hydrogen-bond acceptors (Lipinski definition) is 5. The molecular formula is C10H12N4O3S. The van der Waals surface area contributed by atoms with Crippen molar-refractivity contribution in [2.24, 2.45) is 0 Å². The molecule has 0 fully saturated rings. The number of hydrogen-bond donors (Lipinski definition) is 3. The molecule has 96 valence electrons. The van der Waals surface area contributed by atoms with Crippen LogP contribution in [-0.4, -0.2) is 25.5 Å². The lowest BCUT2D eigenvalue weighted by Gasteiger charge is -2.10. The van der Waals surface area contributed by atoms with E-state index < -0.39 is 10.0 Å². The molecule has 18 heavy (non-hydrogen) atoms. The number of rotatable bonds is 4. The van der Waals surface area contributed by atoms with Crippen LogP contribution in [0.1, 0.15) is 0 Å². The number of anilines is 2. The molecule has 0 spiro atoms. The van der Waals surface area contributed by atoms with E-state index in [9.17, 15) is 8.42 Å². The van der Waals surface area contributed by atoms with E-state index in [1.165, 1.54) is 31.6 Å². The molecule has 0 aliphatic rings. The number of ether oxygens (including phenoxy) is 1. The molecule has 0 saturated carbocycles. The highest BCUT2D eigenvalue weighted by atomic mass is 32.2. The highest BCUT2D eigenvalue weighted by Crippen LogP contribution is 2.26. The fraction of sp³-hybridized carbons (Fsp3) is 0.100. The number of aromatic amines is 1. The van der Waals surface area contributed by atoms with Crippen molar-refractivity contribution < 1.29 is 13.2 Å². The van der Waals surface area contributed by atoms with Crippen LogP contribution in [-0.2, 0) is 10.0 Å². The zero-order valence-corrected chi connectivity index (χ0v) is 10.4. The number of methoxy groups -OCH3 is 1. The van der Waals surface area contributed by atoms with Gasteiger partial charge in [0.05, 0.1) is 7.11 Å². The van der Waals surface area contributed by atoms with Gasteiger partial charge in [0.15, 0.2) is 0 Å². The predicted molar refractivity (Wildman–Crippen MR) is 66.8 cm³/mol. The minimum atomic E-state index is -3.80. The Morgan fingerprint density at radius 3 is 2.83 bits per heavy atom. The second-order valence-corrected chi connectivity index (χ2v) is 5.10. The van der Waals surface area contributed by atoms with Crippen LogP contribution in [0.2, 0.25) is 0 Å². The van der Waals surface area contributed by atoms with Gasteiger partial charge in [0, 0.05) is 18.1 Å². The van der Waals surface area contributed by atoms with Crippen LogP contribution < -0.4 is 15.2 Å². The highest BCUT2D eigenvalue weighted by Gasteiger charge is 2.20. The van der Waals surface area contributed by atoms with E-state index in [4.69, 9.17) is 10.5 Å². The molecule has 0 unspecified atom stereocenters. The van der Waals surface area contributed by atoms with Gasteiger partial charge in [-0.15, -0.1) is 0 Å². The summed E-state index contributed by atoms with van der Waals surface area (Å²) < 4.78 is 31.5. The number of nitrogens with zero attached hydrogens (tertiary/aromatic N) is 1. The molecule has 1 aromatic carbocycles. The zero-order valence-electron chi connectivity index (χ0n) is 9.54. The van der Waals surface area contributed by atoms with Crippen molar-refractivity contribution in [1.29, 1.82) is 0 Å². The maximum atomic E-state index is 12.1.